The van der Waals surface area contributed by atoms with Crippen molar-refractivity contribution in [1.82, 2.24) is 25.1 Å². The molecule has 0 radical (unpaired) electrons. The average Bonchev–Trinajstić information content (AvgIpc) is 3.36. The third-order valence-corrected chi connectivity index (χ3v) is 5.76. The van der Waals surface area contributed by atoms with Crippen LogP contribution in [0.5, 0.6) is 5.75 Å². The molecule has 2 N–H and O–H groups in total. The van der Waals surface area contributed by atoms with E-state index in [-0.39, 0.29) is 18.0 Å². The van der Waals surface area contributed by atoms with Crippen molar-refractivity contribution in [1.29, 1.82) is 0 Å². The van der Waals surface area contributed by atoms with Crippen molar-refractivity contribution in [2.75, 3.05) is 12.4 Å². The first-order valence-electron chi connectivity index (χ1n) is 11.2. The molecule has 9 heteroatoms. The fourth-order valence-corrected chi connectivity index (χ4v) is 3.71. The number of aromatic nitrogens is 4. The molecule has 0 aliphatic rings. The molecule has 0 aliphatic heterocycles. The van der Waals surface area contributed by atoms with Crippen molar-refractivity contribution in [2.24, 2.45) is 0 Å². The fourth-order valence-electron chi connectivity index (χ4n) is 3.52. The quantitative estimate of drug-likeness (QED) is 0.323. The van der Waals surface area contributed by atoms with Crippen LogP contribution in [-0.2, 0) is 0 Å². The molecular weight excluding hydrogens is 464 g/mol. The van der Waals surface area contributed by atoms with E-state index in [1.165, 1.54) is 6.20 Å². The SMILES string of the molecule is COc1cc(C(=O)NC(C)c2ccccc2)ccc1Nc1ncc(Cl)c(-c2ccn(C(C)C)n2)n1. The molecule has 0 fully saturated rings. The van der Waals surface area contributed by atoms with Crippen LogP contribution < -0.4 is 15.4 Å². The second-order valence-electron chi connectivity index (χ2n) is 8.31. The predicted octanol–water partition coefficient (Wildman–Crippen LogP) is 5.82. The summed E-state index contributed by atoms with van der Waals surface area (Å²) >= 11 is 6.35. The summed E-state index contributed by atoms with van der Waals surface area (Å²) in [5, 5.41) is 11.1. The van der Waals surface area contributed by atoms with Crippen LogP contribution in [0.1, 0.15) is 48.8 Å². The van der Waals surface area contributed by atoms with Crippen LogP contribution in [0.25, 0.3) is 11.4 Å². The van der Waals surface area contributed by atoms with Gasteiger partial charge in [-0.05, 0) is 50.6 Å². The molecule has 2 aromatic carbocycles. The van der Waals surface area contributed by atoms with Crippen LogP contribution in [0.15, 0.2) is 67.0 Å². The minimum atomic E-state index is -0.197. The zero-order chi connectivity index (χ0) is 24.9. The number of benzene rings is 2. The molecule has 1 atom stereocenters. The lowest BCUT2D eigenvalue weighted by molar-refractivity contribution is 0.0939. The molecule has 180 valence electrons. The van der Waals surface area contributed by atoms with E-state index < -0.39 is 0 Å². The van der Waals surface area contributed by atoms with Gasteiger partial charge in [-0.3, -0.25) is 9.48 Å². The standard InChI is InChI=1S/C26H27ClN6O2/c1-16(2)33-13-12-22(32-33)24-20(27)15-28-26(31-24)30-21-11-10-19(14-23(21)35-4)25(34)29-17(3)18-8-6-5-7-9-18/h5-17H,1-4H3,(H,29,34)(H,28,30,31). The van der Waals surface area contributed by atoms with Crippen molar-refractivity contribution in [2.45, 2.75) is 32.9 Å². The highest BCUT2D eigenvalue weighted by atomic mass is 35.5. The summed E-state index contributed by atoms with van der Waals surface area (Å²) in [6.07, 6.45) is 3.41. The number of carbonyl (C=O) groups excluding carboxylic acids is 1. The van der Waals surface area contributed by atoms with Gasteiger partial charge in [0.15, 0.2) is 0 Å². The topological polar surface area (TPSA) is 94.0 Å². The van der Waals surface area contributed by atoms with Gasteiger partial charge in [0.2, 0.25) is 5.95 Å². The normalized spacial score (nSPS) is 11.8. The lowest BCUT2D eigenvalue weighted by Gasteiger charge is -2.16. The number of amides is 1. The Morgan fingerprint density at radius 2 is 1.86 bits per heavy atom. The number of rotatable bonds is 8. The van der Waals surface area contributed by atoms with Gasteiger partial charge < -0.3 is 15.4 Å². The molecule has 2 aromatic heterocycles. The van der Waals surface area contributed by atoms with Gasteiger partial charge in [-0.2, -0.15) is 5.10 Å². The zero-order valence-electron chi connectivity index (χ0n) is 20.0. The number of nitrogens with zero attached hydrogens (tertiary/aromatic N) is 4. The Morgan fingerprint density at radius 1 is 1.09 bits per heavy atom. The maximum absolute atomic E-state index is 12.8. The van der Waals surface area contributed by atoms with E-state index in [4.69, 9.17) is 16.3 Å². The lowest BCUT2D eigenvalue weighted by Crippen LogP contribution is -2.26. The van der Waals surface area contributed by atoms with Gasteiger partial charge in [-0.1, -0.05) is 41.9 Å². The van der Waals surface area contributed by atoms with Crippen LogP contribution in [0.2, 0.25) is 5.02 Å². The van der Waals surface area contributed by atoms with Crippen molar-refractivity contribution in [3.63, 3.8) is 0 Å². The Kier molecular flexibility index (Phi) is 7.31. The van der Waals surface area contributed by atoms with Crippen molar-refractivity contribution < 1.29 is 9.53 Å². The number of anilines is 2. The smallest absolute Gasteiger partial charge is 0.251 e. The molecule has 0 bridgehead atoms. The van der Waals surface area contributed by atoms with Gasteiger partial charge in [0, 0.05) is 17.8 Å². The third-order valence-electron chi connectivity index (χ3n) is 5.48. The van der Waals surface area contributed by atoms with E-state index in [9.17, 15) is 4.79 Å². The molecule has 35 heavy (non-hydrogen) atoms. The average molecular weight is 491 g/mol. The van der Waals surface area contributed by atoms with E-state index in [0.29, 0.717) is 39.4 Å². The first kappa shape index (κ1) is 24.2. The first-order valence-corrected chi connectivity index (χ1v) is 11.6. The van der Waals surface area contributed by atoms with Gasteiger partial charge in [0.05, 0.1) is 30.1 Å². The number of hydrogen-bond donors (Lipinski definition) is 2. The van der Waals surface area contributed by atoms with Gasteiger partial charge in [-0.25, -0.2) is 9.97 Å². The Balaban J connectivity index is 1.53. The molecule has 8 nitrogen and oxygen atoms in total. The highest BCUT2D eigenvalue weighted by molar-refractivity contribution is 6.32. The third kappa shape index (κ3) is 5.60. The highest BCUT2D eigenvalue weighted by Gasteiger charge is 2.16. The Hall–Kier alpha value is -3.91. The molecular formula is C26H27ClN6O2. The van der Waals surface area contributed by atoms with Crippen molar-refractivity contribution in [3.05, 3.63) is 83.1 Å². The van der Waals surface area contributed by atoms with E-state index in [1.54, 1.807) is 25.3 Å². The molecule has 4 rings (SSSR count). The second kappa shape index (κ2) is 10.6. The van der Waals surface area contributed by atoms with E-state index >= 15 is 0 Å². The second-order valence-corrected chi connectivity index (χ2v) is 8.72. The monoisotopic (exact) mass is 490 g/mol. The largest absolute Gasteiger partial charge is 0.495 e. The summed E-state index contributed by atoms with van der Waals surface area (Å²) < 4.78 is 7.37. The maximum atomic E-state index is 12.8. The minimum absolute atomic E-state index is 0.132. The number of methoxy groups -OCH3 is 1. The minimum Gasteiger partial charge on any atom is -0.495 e. The lowest BCUT2D eigenvalue weighted by atomic mass is 10.1. The number of hydrogen-bond acceptors (Lipinski definition) is 6. The van der Waals surface area contributed by atoms with Gasteiger partial charge >= 0.3 is 0 Å². The Bertz CT molecular complexity index is 1320. The highest BCUT2D eigenvalue weighted by Crippen LogP contribution is 2.30. The molecule has 1 unspecified atom stereocenters. The molecule has 0 spiro atoms. The van der Waals surface area contributed by atoms with Gasteiger partial charge in [0.1, 0.15) is 17.1 Å². The number of carbonyl (C=O) groups is 1. The van der Waals surface area contributed by atoms with E-state index in [0.717, 1.165) is 5.56 Å². The Labute approximate surface area is 209 Å². The van der Waals surface area contributed by atoms with Crippen molar-refractivity contribution in [3.8, 4) is 17.1 Å². The van der Waals surface area contributed by atoms with Gasteiger partial charge in [-0.15, -0.1) is 0 Å². The molecule has 0 aliphatic carbocycles. The molecule has 1 amide bonds. The summed E-state index contributed by atoms with van der Waals surface area (Å²) in [4.78, 5) is 21.7. The number of ether oxygens (including phenoxy) is 1. The van der Waals surface area contributed by atoms with Crippen molar-refractivity contribution >= 4 is 29.1 Å². The van der Waals surface area contributed by atoms with Crippen LogP contribution in [0.4, 0.5) is 11.6 Å². The summed E-state index contributed by atoms with van der Waals surface area (Å²) in [5.41, 5.74) is 3.29. The van der Waals surface area contributed by atoms with Crippen LogP contribution in [-0.4, -0.2) is 32.8 Å². The molecule has 0 saturated heterocycles. The van der Waals surface area contributed by atoms with Crippen LogP contribution >= 0.6 is 11.6 Å². The van der Waals surface area contributed by atoms with Gasteiger partial charge in [0.25, 0.3) is 5.91 Å². The predicted molar refractivity (Wildman–Crippen MR) is 137 cm³/mol. The fraction of sp³-hybridized carbons (Fsp3) is 0.231. The first-order chi connectivity index (χ1) is 16.9. The summed E-state index contributed by atoms with van der Waals surface area (Å²) in [5.74, 6) is 0.614. The zero-order valence-corrected chi connectivity index (χ0v) is 20.7. The van der Waals surface area contributed by atoms with E-state index in [1.807, 2.05) is 68.0 Å². The molecule has 2 heterocycles. The Morgan fingerprint density at radius 3 is 2.54 bits per heavy atom. The maximum Gasteiger partial charge on any atom is 0.251 e. The summed E-state index contributed by atoms with van der Waals surface area (Å²) in [7, 11) is 1.54. The molecule has 0 saturated carbocycles. The van der Waals surface area contributed by atoms with E-state index in [2.05, 4.69) is 25.7 Å². The molecule has 4 aromatic rings. The van der Waals surface area contributed by atoms with Crippen LogP contribution in [0, 0.1) is 0 Å². The number of nitrogens with one attached hydrogen (secondary N) is 2. The van der Waals surface area contributed by atoms with Crippen LogP contribution in [0.3, 0.4) is 0 Å². The number of halogens is 1. The summed E-state index contributed by atoms with van der Waals surface area (Å²) in [6, 6.07) is 16.9. The summed E-state index contributed by atoms with van der Waals surface area (Å²) in [6.45, 7) is 6.04.